The lowest BCUT2D eigenvalue weighted by Crippen LogP contribution is -2.30. The van der Waals surface area contributed by atoms with Crippen molar-refractivity contribution in [2.75, 3.05) is 11.9 Å². The number of nitrogens with one attached hydrogen (secondary N) is 1. The van der Waals surface area contributed by atoms with Gasteiger partial charge in [-0.15, -0.1) is 0 Å². The van der Waals surface area contributed by atoms with Gasteiger partial charge in [-0.05, 0) is 40.4 Å². The Morgan fingerprint density at radius 3 is 2.59 bits per heavy atom. The van der Waals surface area contributed by atoms with Gasteiger partial charge < -0.3 is 11.1 Å². The summed E-state index contributed by atoms with van der Waals surface area (Å²) in [5.41, 5.74) is 6.43. The van der Waals surface area contributed by atoms with Crippen molar-refractivity contribution in [2.24, 2.45) is 17.6 Å². The van der Waals surface area contributed by atoms with E-state index < -0.39 is 0 Å². The van der Waals surface area contributed by atoms with Crippen LogP contribution in [0.4, 0.5) is 5.69 Å². The molecule has 94 valence electrons. The highest BCUT2D eigenvalue weighted by Crippen LogP contribution is 2.22. The summed E-state index contributed by atoms with van der Waals surface area (Å²) >= 11 is 3.40. The Balaban J connectivity index is 2.67. The van der Waals surface area contributed by atoms with Crippen molar-refractivity contribution in [1.29, 1.82) is 0 Å². The molecule has 3 nitrogen and oxygen atoms in total. The zero-order chi connectivity index (χ0) is 12.8. The van der Waals surface area contributed by atoms with Crippen molar-refractivity contribution < 1.29 is 4.79 Å². The molecule has 1 atom stereocenters. The Morgan fingerprint density at radius 1 is 1.41 bits per heavy atom. The number of carbonyl (C=O) groups excluding carboxylic acids is 1. The molecule has 0 fully saturated rings. The van der Waals surface area contributed by atoms with Crippen LogP contribution in [0.25, 0.3) is 0 Å². The normalized spacial score (nSPS) is 12.5. The molecule has 0 spiro atoms. The summed E-state index contributed by atoms with van der Waals surface area (Å²) in [5, 5.41) is 2.90. The van der Waals surface area contributed by atoms with E-state index in [-0.39, 0.29) is 11.8 Å². The number of halogens is 1. The third kappa shape index (κ3) is 4.48. The van der Waals surface area contributed by atoms with Gasteiger partial charge in [0.1, 0.15) is 0 Å². The molecule has 0 aliphatic rings. The Kier molecular flexibility index (Phi) is 5.65. The maximum absolute atomic E-state index is 12.0. The highest BCUT2D eigenvalue weighted by molar-refractivity contribution is 9.10. The Hall–Kier alpha value is -0.870. The molecule has 3 N–H and O–H groups in total. The van der Waals surface area contributed by atoms with Gasteiger partial charge in [0.25, 0.3) is 0 Å². The molecule has 0 heterocycles. The second-order valence-electron chi connectivity index (χ2n) is 4.53. The maximum Gasteiger partial charge on any atom is 0.228 e. The van der Waals surface area contributed by atoms with Crippen molar-refractivity contribution >= 4 is 27.5 Å². The monoisotopic (exact) mass is 298 g/mol. The van der Waals surface area contributed by atoms with Gasteiger partial charge in [0.05, 0.1) is 11.6 Å². The van der Waals surface area contributed by atoms with E-state index in [4.69, 9.17) is 5.73 Å². The van der Waals surface area contributed by atoms with Crippen LogP contribution < -0.4 is 11.1 Å². The number of para-hydroxylation sites is 1. The van der Waals surface area contributed by atoms with E-state index >= 15 is 0 Å². The van der Waals surface area contributed by atoms with Gasteiger partial charge in [0, 0.05) is 11.0 Å². The quantitative estimate of drug-likeness (QED) is 0.878. The van der Waals surface area contributed by atoms with Crippen LogP contribution in [0.1, 0.15) is 20.3 Å². The number of carbonyl (C=O) groups is 1. The van der Waals surface area contributed by atoms with Crippen LogP contribution in [0.5, 0.6) is 0 Å². The fraction of sp³-hybridized carbons (Fsp3) is 0.462. The first kappa shape index (κ1) is 14.2. The largest absolute Gasteiger partial charge is 0.330 e. The van der Waals surface area contributed by atoms with Gasteiger partial charge in [-0.1, -0.05) is 26.0 Å². The molecule has 1 rings (SSSR count). The molecule has 0 saturated carbocycles. The molecule has 0 bridgehead atoms. The minimum Gasteiger partial charge on any atom is -0.330 e. The molecule has 1 aromatic rings. The molecule has 0 aliphatic carbocycles. The van der Waals surface area contributed by atoms with Crippen molar-refractivity contribution in [3.05, 3.63) is 28.7 Å². The van der Waals surface area contributed by atoms with Crippen molar-refractivity contribution in [3.63, 3.8) is 0 Å². The smallest absolute Gasteiger partial charge is 0.228 e. The summed E-state index contributed by atoms with van der Waals surface area (Å²) in [5.74, 6) is 0.337. The van der Waals surface area contributed by atoms with Crippen molar-refractivity contribution in [2.45, 2.75) is 20.3 Å². The fourth-order valence-electron chi connectivity index (χ4n) is 1.68. The second kappa shape index (κ2) is 6.77. The van der Waals surface area contributed by atoms with E-state index in [1.54, 1.807) is 0 Å². The third-order valence-electron chi connectivity index (χ3n) is 2.54. The summed E-state index contributed by atoms with van der Waals surface area (Å²) < 4.78 is 0.883. The highest BCUT2D eigenvalue weighted by atomic mass is 79.9. The number of amides is 1. The topological polar surface area (TPSA) is 55.1 Å². The van der Waals surface area contributed by atoms with Gasteiger partial charge in [0.15, 0.2) is 0 Å². The predicted octanol–water partition coefficient (Wildman–Crippen LogP) is 3.01. The Morgan fingerprint density at radius 2 is 2.06 bits per heavy atom. The van der Waals surface area contributed by atoms with Crippen LogP contribution in [0.15, 0.2) is 28.7 Å². The van der Waals surface area contributed by atoms with E-state index in [0.717, 1.165) is 16.6 Å². The number of nitrogens with two attached hydrogens (primary N) is 1. The molecule has 0 aromatic heterocycles. The van der Waals surface area contributed by atoms with Crippen molar-refractivity contribution in [3.8, 4) is 0 Å². The average Bonchev–Trinajstić information content (AvgIpc) is 2.28. The van der Waals surface area contributed by atoms with Crippen LogP contribution in [0.2, 0.25) is 0 Å². The van der Waals surface area contributed by atoms with Crippen LogP contribution >= 0.6 is 15.9 Å². The molecule has 0 aliphatic heterocycles. The number of hydrogen-bond donors (Lipinski definition) is 2. The molecule has 1 unspecified atom stereocenters. The molecular formula is C13H19BrN2O. The minimum atomic E-state index is -0.123. The summed E-state index contributed by atoms with van der Waals surface area (Å²) in [4.78, 5) is 12.0. The van der Waals surface area contributed by atoms with Gasteiger partial charge in [-0.25, -0.2) is 0 Å². The number of benzene rings is 1. The van der Waals surface area contributed by atoms with E-state index in [9.17, 15) is 4.79 Å². The van der Waals surface area contributed by atoms with E-state index in [1.165, 1.54) is 0 Å². The maximum atomic E-state index is 12.0. The molecule has 1 aromatic carbocycles. The standard InChI is InChI=1S/C13H19BrN2O/c1-9(2)7-10(8-15)13(17)16-12-6-4-3-5-11(12)14/h3-6,9-10H,7-8,15H2,1-2H3,(H,16,17). The fourth-order valence-corrected chi connectivity index (χ4v) is 2.06. The lowest BCUT2D eigenvalue weighted by Gasteiger charge is -2.17. The lowest BCUT2D eigenvalue weighted by atomic mass is 9.96. The highest BCUT2D eigenvalue weighted by Gasteiger charge is 2.18. The van der Waals surface area contributed by atoms with Crippen LogP contribution in [-0.4, -0.2) is 12.5 Å². The first-order chi connectivity index (χ1) is 8.04. The zero-order valence-electron chi connectivity index (χ0n) is 10.2. The Labute approximate surface area is 111 Å². The second-order valence-corrected chi connectivity index (χ2v) is 5.39. The van der Waals surface area contributed by atoms with E-state index in [0.29, 0.717) is 12.5 Å². The van der Waals surface area contributed by atoms with Crippen LogP contribution in [-0.2, 0) is 4.79 Å². The molecular weight excluding hydrogens is 280 g/mol. The summed E-state index contributed by atoms with van der Waals surface area (Å²) in [7, 11) is 0. The predicted molar refractivity (Wildman–Crippen MR) is 74.8 cm³/mol. The SMILES string of the molecule is CC(C)CC(CN)C(=O)Nc1ccccc1Br. The number of hydrogen-bond acceptors (Lipinski definition) is 2. The summed E-state index contributed by atoms with van der Waals surface area (Å²) in [6.45, 7) is 4.57. The first-order valence-corrected chi connectivity index (χ1v) is 6.59. The average molecular weight is 299 g/mol. The number of anilines is 1. The van der Waals surface area contributed by atoms with Crippen LogP contribution in [0, 0.1) is 11.8 Å². The van der Waals surface area contributed by atoms with Crippen molar-refractivity contribution in [1.82, 2.24) is 0 Å². The summed E-state index contributed by atoms with van der Waals surface area (Å²) in [6, 6.07) is 7.56. The molecule has 0 radical (unpaired) electrons. The third-order valence-corrected chi connectivity index (χ3v) is 3.23. The molecule has 0 saturated heterocycles. The lowest BCUT2D eigenvalue weighted by molar-refractivity contribution is -0.120. The first-order valence-electron chi connectivity index (χ1n) is 5.80. The Bertz CT molecular complexity index is 379. The number of rotatable bonds is 5. The minimum absolute atomic E-state index is 0.00639. The molecule has 17 heavy (non-hydrogen) atoms. The molecule has 1 amide bonds. The molecule has 4 heteroatoms. The summed E-state index contributed by atoms with van der Waals surface area (Å²) in [6.07, 6.45) is 0.812. The van der Waals surface area contributed by atoms with Gasteiger partial charge in [-0.3, -0.25) is 4.79 Å². The van der Waals surface area contributed by atoms with E-state index in [2.05, 4.69) is 35.1 Å². The van der Waals surface area contributed by atoms with Gasteiger partial charge in [-0.2, -0.15) is 0 Å². The van der Waals surface area contributed by atoms with Gasteiger partial charge >= 0.3 is 0 Å². The van der Waals surface area contributed by atoms with Crippen LogP contribution in [0.3, 0.4) is 0 Å². The zero-order valence-corrected chi connectivity index (χ0v) is 11.8. The van der Waals surface area contributed by atoms with Gasteiger partial charge in [0.2, 0.25) is 5.91 Å². The van der Waals surface area contributed by atoms with E-state index in [1.807, 2.05) is 24.3 Å².